The van der Waals surface area contributed by atoms with Crippen molar-refractivity contribution in [3.63, 3.8) is 0 Å². The van der Waals surface area contributed by atoms with Crippen LogP contribution in [0.25, 0.3) is 0 Å². The lowest BCUT2D eigenvalue weighted by molar-refractivity contribution is 0.207. The minimum absolute atomic E-state index is 0.345. The molecule has 0 bridgehead atoms. The van der Waals surface area contributed by atoms with E-state index in [2.05, 4.69) is 12.2 Å². The van der Waals surface area contributed by atoms with Crippen LogP contribution in [0, 0.1) is 0 Å². The Labute approximate surface area is 127 Å². The highest BCUT2D eigenvalue weighted by Crippen LogP contribution is 2.59. The molecule has 1 rings (SSSR count). The van der Waals surface area contributed by atoms with Crippen LogP contribution >= 0.6 is 7.60 Å². The molecule has 0 aliphatic carbocycles. The van der Waals surface area contributed by atoms with Gasteiger partial charge in [0.2, 0.25) is 0 Å². The van der Waals surface area contributed by atoms with E-state index in [0.717, 1.165) is 24.3 Å². The third-order valence-electron chi connectivity index (χ3n) is 2.95. The molecular weight excluding hydrogens is 289 g/mol. The highest BCUT2D eigenvalue weighted by Gasteiger charge is 2.36. The van der Waals surface area contributed by atoms with Crippen LogP contribution in [-0.2, 0) is 13.6 Å². The van der Waals surface area contributed by atoms with Crippen LogP contribution < -0.4 is 10.1 Å². The lowest BCUT2D eigenvalue weighted by atomic mass is 10.2. The van der Waals surface area contributed by atoms with Gasteiger partial charge < -0.3 is 13.8 Å². The Morgan fingerprint density at radius 1 is 1.10 bits per heavy atom. The number of methoxy groups -OCH3 is 1. The van der Waals surface area contributed by atoms with E-state index in [1.807, 2.05) is 38.1 Å². The zero-order valence-corrected chi connectivity index (χ0v) is 14.2. The molecule has 5 nitrogen and oxygen atoms in total. The van der Waals surface area contributed by atoms with E-state index in [9.17, 15) is 4.57 Å². The molecule has 0 radical (unpaired) electrons. The molecule has 6 heteroatoms. The minimum Gasteiger partial charge on any atom is -0.497 e. The maximum atomic E-state index is 13.0. The van der Waals surface area contributed by atoms with E-state index in [-0.39, 0.29) is 0 Å². The summed E-state index contributed by atoms with van der Waals surface area (Å²) in [5, 5.41) is 3.28. The molecule has 0 aliphatic rings. The van der Waals surface area contributed by atoms with Crippen molar-refractivity contribution in [1.29, 1.82) is 0 Å². The van der Waals surface area contributed by atoms with Crippen molar-refractivity contribution in [2.75, 3.05) is 26.9 Å². The number of hydrogen-bond donors (Lipinski definition) is 1. The summed E-state index contributed by atoms with van der Waals surface area (Å²) < 4.78 is 29.2. The van der Waals surface area contributed by atoms with E-state index in [1.165, 1.54) is 0 Å². The monoisotopic (exact) mass is 315 g/mol. The fourth-order valence-corrected chi connectivity index (χ4v) is 4.01. The molecular formula is C15H26NO4P. The van der Waals surface area contributed by atoms with Crippen LogP contribution in [0.3, 0.4) is 0 Å². The van der Waals surface area contributed by atoms with E-state index < -0.39 is 13.4 Å². The number of hydrogen-bond acceptors (Lipinski definition) is 5. The molecule has 1 unspecified atom stereocenters. The van der Waals surface area contributed by atoms with Crippen LogP contribution in [0.2, 0.25) is 0 Å². The summed E-state index contributed by atoms with van der Waals surface area (Å²) in [5.74, 6) is 0.291. The summed E-state index contributed by atoms with van der Waals surface area (Å²) >= 11 is 0. The van der Waals surface area contributed by atoms with Gasteiger partial charge in [0.25, 0.3) is 0 Å². The van der Waals surface area contributed by atoms with Crippen LogP contribution in [0.5, 0.6) is 5.75 Å². The molecule has 0 aromatic heterocycles. The summed E-state index contributed by atoms with van der Waals surface area (Å²) in [7, 11) is -1.64. The largest absolute Gasteiger partial charge is 0.497 e. The predicted molar refractivity (Wildman–Crippen MR) is 84.9 cm³/mol. The first-order valence-corrected chi connectivity index (χ1v) is 8.98. The van der Waals surface area contributed by atoms with Gasteiger partial charge in [-0.05, 0) is 44.5 Å². The Morgan fingerprint density at radius 3 is 2.10 bits per heavy atom. The average Bonchev–Trinajstić information content (AvgIpc) is 2.48. The molecule has 0 spiro atoms. The summed E-state index contributed by atoms with van der Waals surface area (Å²) in [6.45, 7) is 7.12. The molecule has 1 aromatic carbocycles. The smallest absolute Gasteiger partial charge is 0.351 e. The van der Waals surface area contributed by atoms with Crippen molar-refractivity contribution < 1.29 is 18.3 Å². The Bertz CT molecular complexity index is 439. The van der Waals surface area contributed by atoms with E-state index in [4.69, 9.17) is 13.8 Å². The second-order valence-corrected chi connectivity index (χ2v) is 6.62. The van der Waals surface area contributed by atoms with Crippen LogP contribution in [0.4, 0.5) is 0 Å². The fraction of sp³-hybridized carbons (Fsp3) is 0.600. The van der Waals surface area contributed by atoms with Crippen LogP contribution in [0.15, 0.2) is 24.3 Å². The Kier molecular flexibility index (Phi) is 7.97. The standard InChI is InChI=1S/C15H26NO4P/c1-5-12-16-15(21(17,19-6-2)20-7-3)13-8-10-14(18-4)11-9-13/h8-11,15-16H,5-7,12H2,1-4H3. The number of nitrogens with one attached hydrogen (secondary N) is 1. The molecule has 0 saturated heterocycles. The summed E-state index contributed by atoms with van der Waals surface area (Å²) in [5.41, 5.74) is 0.870. The molecule has 0 fully saturated rings. The van der Waals surface area contributed by atoms with Gasteiger partial charge in [-0.25, -0.2) is 0 Å². The third-order valence-corrected chi connectivity index (χ3v) is 5.30. The molecule has 0 aliphatic heterocycles. The number of benzene rings is 1. The Morgan fingerprint density at radius 2 is 1.67 bits per heavy atom. The van der Waals surface area contributed by atoms with Gasteiger partial charge in [-0.2, -0.15) is 0 Å². The highest BCUT2D eigenvalue weighted by atomic mass is 31.2. The molecule has 120 valence electrons. The van der Waals surface area contributed by atoms with Gasteiger partial charge in [-0.15, -0.1) is 0 Å². The molecule has 0 amide bonds. The SMILES string of the molecule is CCCNC(c1ccc(OC)cc1)P(=O)(OCC)OCC. The first-order chi connectivity index (χ1) is 10.1. The third kappa shape index (κ3) is 5.11. The Balaban J connectivity index is 3.08. The lowest BCUT2D eigenvalue weighted by Gasteiger charge is -2.27. The molecule has 21 heavy (non-hydrogen) atoms. The maximum absolute atomic E-state index is 13.0. The highest BCUT2D eigenvalue weighted by molar-refractivity contribution is 7.54. The van der Waals surface area contributed by atoms with Crippen molar-refractivity contribution >= 4 is 7.60 Å². The second kappa shape index (κ2) is 9.21. The molecule has 1 N–H and O–H groups in total. The van der Waals surface area contributed by atoms with Crippen molar-refractivity contribution in [3.8, 4) is 5.75 Å². The number of rotatable bonds is 10. The van der Waals surface area contributed by atoms with Gasteiger partial charge in [0.15, 0.2) is 0 Å². The Hall–Kier alpha value is -0.870. The summed E-state index contributed by atoms with van der Waals surface area (Å²) in [6, 6.07) is 7.46. The van der Waals surface area contributed by atoms with Crippen LogP contribution in [0.1, 0.15) is 38.5 Å². The second-order valence-electron chi connectivity index (χ2n) is 4.51. The minimum atomic E-state index is -3.26. The molecule has 0 heterocycles. The quantitative estimate of drug-likeness (QED) is 0.662. The first-order valence-electron chi connectivity index (χ1n) is 7.37. The van der Waals surface area contributed by atoms with Gasteiger partial charge in [-0.3, -0.25) is 9.88 Å². The molecule has 1 atom stereocenters. The molecule has 1 aromatic rings. The van der Waals surface area contributed by atoms with Crippen molar-refractivity contribution in [3.05, 3.63) is 29.8 Å². The van der Waals surface area contributed by atoms with E-state index >= 15 is 0 Å². The van der Waals surface area contributed by atoms with Crippen LogP contribution in [-0.4, -0.2) is 26.9 Å². The predicted octanol–water partition coefficient (Wildman–Crippen LogP) is 3.96. The van der Waals surface area contributed by atoms with Crippen molar-refractivity contribution in [2.45, 2.75) is 33.0 Å². The summed E-state index contributed by atoms with van der Waals surface area (Å²) in [4.78, 5) is 0. The van der Waals surface area contributed by atoms with Gasteiger partial charge in [0.05, 0.1) is 20.3 Å². The van der Waals surface area contributed by atoms with Gasteiger partial charge in [-0.1, -0.05) is 19.1 Å². The van der Waals surface area contributed by atoms with E-state index in [0.29, 0.717) is 13.2 Å². The van der Waals surface area contributed by atoms with Gasteiger partial charge >= 0.3 is 7.60 Å². The maximum Gasteiger partial charge on any atom is 0.351 e. The van der Waals surface area contributed by atoms with Crippen molar-refractivity contribution in [1.82, 2.24) is 5.32 Å². The zero-order valence-electron chi connectivity index (χ0n) is 13.3. The van der Waals surface area contributed by atoms with E-state index in [1.54, 1.807) is 7.11 Å². The normalized spacial score (nSPS) is 13.1. The van der Waals surface area contributed by atoms with Gasteiger partial charge in [0.1, 0.15) is 11.5 Å². The topological polar surface area (TPSA) is 56.8 Å². The first kappa shape index (κ1) is 18.2. The fourth-order valence-electron chi connectivity index (χ4n) is 2.03. The lowest BCUT2D eigenvalue weighted by Crippen LogP contribution is -2.24. The molecule has 0 saturated carbocycles. The van der Waals surface area contributed by atoms with Crippen molar-refractivity contribution in [2.24, 2.45) is 0 Å². The average molecular weight is 315 g/mol. The number of ether oxygens (including phenoxy) is 1. The summed E-state index contributed by atoms with van der Waals surface area (Å²) in [6.07, 6.45) is 0.935. The van der Waals surface area contributed by atoms with Gasteiger partial charge in [0, 0.05) is 0 Å². The zero-order chi connectivity index (χ0) is 15.7.